The number of methoxy groups -OCH3 is 1. The fourth-order valence-electron chi connectivity index (χ4n) is 2.25. The van der Waals surface area contributed by atoms with Gasteiger partial charge in [-0.05, 0) is 29.8 Å². The van der Waals surface area contributed by atoms with Gasteiger partial charge in [-0.25, -0.2) is 10.1 Å². The van der Waals surface area contributed by atoms with Crippen LogP contribution in [0.5, 0.6) is 5.75 Å². The van der Waals surface area contributed by atoms with Gasteiger partial charge in [0.05, 0.1) is 25.4 Å². The minimum Gasteiger partial charge on any atom is -0.497 e. The molecule has 3 rings (SSSR count). The van der Waals surface area contributed by atoms with Gasteiger partial charge in [-0.2, -0.15) is 5.10 Å². The van der Waals surface area contributed by atoms with Crippen LogP contribution in [0, 0.1) is 0 Å². The number of benzene rings is 2. The molecule has 122 valence electrons. The van der Waals surface area contributed by atoms with Gasteiger partial charge in [-0.3, -0.25) is 4.79 Å². The van der Waals surface area contributed by atoms with Crippen LogP contribution in [-0.2, 0) is 11.3 Å². The van der Waals surface area contributed by atoms with Crippen LogP contribution in [0.15, 0.2) is 53.6 Å². The van der Waals surface area contributed by atoms with Gasteiger partial charge in [0.25, 0.3) is 0 Å². The molecule has 7 nitrogen and oxygen atoms in total. The Morgan fingerprint density at radius 1 is 1.29 bits per heavy atom. The third kappa shape index (κ3) is 3.75. The van der Waals surface area contributed by atoms with E-state index in [0.29, 0.717) is 6.54 Å². The Bertz CT molecular complexity index is 872. The number of fused-ring (bicyclic) bond motifs is 1. The highest BCUT2D eigenvalue weighted by molar-refractivity contribution is 5.82. The van der Waals surface area contributed by atoms with Gasteiger partial charge in [0.2, 0.25) is 5.91 Å². The second-order valence-corrected chi connectivity index (χ2v) is 5.12. The zero-order chi connectivity index (χ0) is 16.8. The van der Waals surface area contributed by atoms with Crippen molar-refractivity contribution in [2.45, 2.75) is 13.0 Å². The molecule has 0 spiro atoms. The van der Waals surface area contributed by atoms with Crippen molar-refractivity contribution in [3.05, 3.63) is 54.1 Å². The van der Waals surface area contributed by atoms with E-state index in [1.54, 1.807) is 18.0 Å². The summed E-state index contributed by atoms with van der Waals surface area (Å²) < 4.78 is 6.84. The van der Waals surface area contributed by atoms with Crippen LogP contribution in [0.1, 0.15) is 12.0 Å². The third-order valence-electron chi connectivity index (χ3n) is 3.47. The number of aromatic nitrogens is 3. The zero-order valence-electron chi connectivity index (χ0n) is 13.2. The summed E-state index contributed by atoms with van der Waals surface area (Å²) in [7, 11) is 1.60. The van der Waals surface area contributed by atoms with E-state index in [1.165, 1.54) is 0 Å². The summed E-state index contributed by atoms with van der Waals surface area (Å²) in [5.41, 5.74) is 5.07. The average Bonchev–Trinajstić information content (AvgIpc) is 3.03. The number of nitrogens with one attached hydrogen (secondary N) is 1. The number of hydrogen-bond acceptors (Lipinski definition) is 5. The van der Waals surface area contributed by atoms with Crippen LogP contribution in [0.4, 0.5) is 0 Å². The summed E-state index contributed by atoms with van der Waals surface area (Å²) in [5, 5.41) is 12.1. The lowest BCUT2D eigenvalue weighted by Crippen LogP contribution is -2.19. The molecule has 0 atom stereocenters. The van der Waals surface area contributed by atoms with Crippen molar-refractivity contribution < 1.29 is 9.53 Å². The first-order valence-electron chi connectivity index (χ1n) is 7.50. The van der Waals surface area contributed by atoms with E-state index < -0.39 is 0 Å². The number of aryl methyl sites for hydroxylation is 1. The number of amides is 1. The van der Waals surface area contributed by atoms with Crippen LogP contribution in [0.25, 0.3) is 11.0 Å². The van der Waals surface area contributed by atoms with Gasteiger partial charge in [-0.1, -0.05) is 29.5 Å². The summed E-state index contributed by atoms with van der Waals surface area (Å²) in [6, 6.07) is 15.0. The second kappa shape index (κ2) is 7.36. The second-order valence-electron chi connectivity index (χ2n) is 5.12. The van der Waals surface area contributed by atoms with Gasteiger partial charge in [0.15, 0.2) is 0 Å². The van der Waals surface area contributed by atoms with E-state index in [-0.39, 0.29) is 12.3 Å². The van der Waals surface area contributed by atoms with E-state index in [1.807, 2.05) is 48.5 Å². The largest absolute Gasteiger partial charge is 0.497 e. The fraction of sp³-hybridized carbons (Fsp3) is 0.176. The first-order chi connectivity index (χ1) is 11.8. The molecular weight excluding hydrogens is 306 g/mol. The molecule has 0 unspecified atom stereocenters. The number of para-hydroxylation sites is 1. The minimum absolute atomic E-state index is 0.186. The molecule has 1 amide bonds. The molecule has 0 aliphatic rings. The van der Waals surface area contributed by atoms with Crippen molar-refractivity contribution in [2.24, 2.45) is 5.10 Å². The van der Waals surface area contributed by atoms with Crippen LogP contribution < -0.4 is 10.2 Å². The number of hydrazone groups is 1. The normalized spacial score (nSPS) is 11.0. The van der Waals surface area contributed by atoms with Crippen LogP contribution >= 0.6 is 0 Å². The van der Waals surface area contributed by atoms with Gasteiger partial charge in [-0.15, -0.1) is 5.10 Å². The summed E-state index contributed by atoms with van der Waals surface area (Å²) >= 11 is 0. The van der Waals surface area contributed by atoms with Gasteiger partial charge < -0.3 is 4.74 Å². The lowest BCUT2D eigenvalue weighted by atomic mass is 10.2. The number of carbonyl (C=O) groups excluding carboxylic acids is 1. The lowest BCUT2D eigenvalue weighted by Gasteiger charge is -2.02. The number of hydrogen-bond donors (Lipinski definition) is 1. The molecule has 1 N–H and O–H groups in total. The van der Waals surface area contributed by atoms with Gasteiger partial charge in [0, 0.05) is 6.42 Å². The Labute approximate surface area is 138 Å². The third-order valence-corrected chi connectivity index (χ3v) is 3.47. The SMILES string of the molecule is COc1cccc(/C=N\NC(=O)CCn2nnc3ccccc32)c1. The number of carbonyl (C=O) groups is 1. The van der Waals surface area contributed by atoms with E-state index in [0.717, 1.165) is 22.3 Å². The molecule has 1 heterocycles. The molecule has 1 aromatic heterocycles. The van der Waals surface area contributed by atoms with Crippen molar-refractivity contribution in [2.75, 3.05) is 7.11 Å². The fourth-order valence-corrected chi connectivity index (χ4v) is 2.25. The zero-order valence-corrected chi connectivity index (χ0v) is 13.2. The predicted molar refractivity (Wildman–Crippen MR) is 90.9 cm³/mol. The summed E-state index contributed by atoms with van der Waals surface area (Å²) in [4.78, 5) is 11.9. The molecule has 0 bridgehead atoms. The van der Waals surface area contributed by atoms with Crippen LogP contribution in [0.2, 0.25) is 0 Å². The van der Waals surface area contributed by atoms with Gasteiger partial charge >= 0.3 is 0 Å². The highest BCUT2D eigenvalue weighted by Crippen LogP contribution is 2.11. The van der Waals surface area contributed by atoms with Crippen molar-refractivity contribution in [1.82, 2.24) is 20.4 Å². The molecule has 0 fully saturated rings. The van der Waals surface area contributed by atoms with E-state index in [4.69, 9.17) is 4.74 Å². The number of ether oxygens (including phenoxy) is 1. The molecule has 24 heavy (non-hydrogen) atoms. The van der Waals surface area contributed by atoms with E-state index in [2.05, 4.69) is 20.8 Å². The lowest BCUT2D eigenvalue weighted by molar-refractivity contribution is -0.121. The van der Waals surface area contributed by atoms with Crippen molar-refractivity contribution >= 4 is 23.2 Å². The summed E-state index contributed by atoms with van der Waals surface area (Å²) in [6.07, 6.45) is 1.84. The number of rotatable bonds is 6. The van der Waals surface area contributed by atoms with Gasteiger partial charge in [0.1, 0.15) is 11.3 Å². The van der Waals surface area contributed by atoms with Crippen molar-refractivity contribution in [3.63, 3.8) is 0 Å². The molecule has 0 saturated heterocycles. The Morgan fingerprint density at radius 3 is 3.04 bits per heavy atom. The summed E-state index contributed by atoms with van der Waals surface area (Å²) in [5.74, 6) is 0.553. The molecular formula is C17H17N5O2. The van der Waals surface area contributed by atoms with E-state index >= 15 is 0 Å². The Balaban J connectivity index is 1.53. The summed E-state index contributed by atoms with van der Waals surface area (Å²) in [6.45, 7) is 0.445. The monoisotopic (exact) mass is 323 g/mol. The first-order valence-corrected chi connectivity index (χ1v) is 7.50. The maximum Gasteiger partial charge on any atom is 0.241 e. The topological polar surface area (TPSA) is 81.4 Å². The maximum atomic E-state index is 11.9. The van der Waals surface area contributed by atoms with Crippen molar-refractivity contribution in [1.29, 1.82) is 0 Å². The molecule has 0 saturated carbocycles. The smallest absolute Gasteiger partial charge is 0.241 e. The Morgan fingerprint density at radius 2 is 2.17 bits per heavy atom. The highest BCUT2D eigenvalue weighted by Gasteiger charge is 2.05. The molecule has 0 aliphatic carbocycles. The highest BCUT2D eigenvalue weighted by atomic mass is 16.5. The molecule has 0 radical (unpaired) electrons. The first kappa shape index (κ1) is 15.7. The molecule has 0 aliphatic heterocycles. The minimum atomic E-state index is -0.186. The quantitative estimate of drug-likeness (QED) is 0.555. The number of nitrogens with zero attached hydrogens (tertiary/aromatic N) is 4. The average molecular weight is 323 g/mol. The standard InChI is InChI=1S/C17H17N5O2/c1-24-14-6-4-5-13(11-14)12-18-20-17(23)9-10-22-16-8-3-2-7-15(16)19-21-22/h2-8,11-12H,9-10H2,1H3,(H,20,23)/b18-12-. The molecule has 7 heteroatoms. The Kier molecular flexibility index (Phi) is 4.81. The maximum absolute atomic E-state index is 11.9. The van der Waals surface area contributed by atoms with Crippen LogP contribution in [-0.4, -0.2) is 34.2 Å². The predicted octanol–water partition coefficient (Wildman–Crippen LogP) is 1.98. The van der Waals surface area contributed by atoms with E-state index in [9.17, 15) is 4.79 Å². The van der Waals surface area contributed by atoms with Crippen LogP contribution in [0.3, 0.4) is 0 Å². The molecule has 2 aromatic carbocycles. The molecule has 3 aromatic rings. The van der Waals surface area contributed by atoms with Crippen molar-refractivity contribution in [3.8, 4) is 5.75 Å². The Hall–Kier alpha value is -3.22.